The summed E-state index contributed by atoms with van der Waals surface area (Å²) in [5.41, 5.74) is 0.588. The Balaban J connectivity index is 2.83. The maximum atomic E-state index is 12.0. The van der Waals surface area contributed by atoms with Crippen LogP contribution in [0.2, 0.25) is 0 Å². The SMILES string of the molecule is CCCCCNC(=O)c1cc(NC)ccc1[N+](=O)[O-]. The highest BCUT2D eigenvalue weighted by Crippen LogP contribution is 2.22. The van der Waals surface area contributed by atoms with E-state index >= 15 is 0 Å². The van der Waals surface area contributed by atoms with Crippen LogP contribution in [0.1, 0.15) is 36.5 Å². The predicted molar refractivity (Wildman–Crippen MR) is 74.5 cm³/mol. The van der Waals surface area contributed by atoms with Crippen LogP contribution in [0.5, 0.6) is 0 Å². The monoisotopic (exact) mass is 265 g/mol. The van der Waals surface area contributed by atoms with E-state index < -0.39 is 10.8 Å². The molecule has 0 aliphatic heterocycles. The molecule has 6 nitrogen and oxygen atoms in total. The zero-order valence-corrected chi connectivity index (χ0v) is 11.2. The van der Waals surface area contributed by atoms with Crippen molar-refractivity contribution in [2.45, 2.75) is 26.2 Å². The Morgan fingerprint density at radius 3 is 2.68 bits per heavy atom. The second-order valence-electron chi connectivity index (χ2n) is 4.20. The van der Waals surface area contributed by atoms with Gasteiger partial charge < -0.3 is 10.6 Å². The van der Waals surface area contributed by atoms with Gasteiger partial charge in [-0.15, -0.1) is 0 Å². The third kappa shape index (κ3) is 4.24. The minimum atomic E-state index is -0.541. The van der Waals surface area contributed by atoms with Crippen LogP contribution >= 0.6 is 0 Å². The molecule has 1 aromatic carbocycles. The molecule has 0 spiro atoms. The minimum Gasteiger partial charge on any atom is -0.388 e. The summed E-state index contributed by atoms with van der Waals surface area (Å²) in [6, 6.07) is 4.41. The molecule has 0 saturated carbocycles. The van der Waals surface area contributed by atoms with E-state index in [-0.39, 0.29) is 11.3 Å². The van der Waals surface area contributed by atoms with Gasteiger partial charge in [-0.05, 0) is 18.6 Å². The van der Waals surface area contributed by atoms with Crippen molar-refractivity contribution in [1.82, 2.24) is 5.32 Å². The maximum absolute atomic E-state index is 12.0. The van der Waals surface area contributed by atoms with Gasteiger partial charge in [-0.3, -0.25) is 14.9 Å². The van der Waals surface area contributed by atoms with Crippen molar-refractivity contribution in [3.8, 4) is 0 Å². The van der Waals surface area contributed by atoms with Crippen LogP contribution in [-0.4, -0.2) is 24.4 Å². The van der Waals surface area contributed by atoms with Crippen LogP contribution in [0, 0.1) is 10.1 Å². The molecule has 0 heterocycles. The summed E-state index contributed by atoms with van der Waals surface area (Å²) in [7, 11) is 1.70. The molecule has 1 amide bonds. The number of carbonyl (C=O) groups excluding carboxylic acids is 1. The lowest BCUT2D eigenvalue weighted by molar-refractivity contribution is -0.385. The molecule has 0 aromatic heterocycles. The fraction of sp³-hybridized carbons (Fsp3) is 0.462. The van der Waals surface area contributed by atoms with E-state index in [9.17, 15) is 14.9 Å². The molecule has 0 fully saturated rings. The molecule has 0 bridgehead atoms. The van der Waals surface area contributed by atoms with Crippen LogP contribution < -0.4 is 10.6 Å². The number of rotatable bonds is 7. The normalized spacial score (nSPS) is 10.0. The van der Waals surface area contributed by atoms with Gasteiger partial charge in [0, 0.05) is 25.3 Å². The van der Waals surface area contributed by atoms with Gasteiger partial charge in [-0.2, -0.15) is 0 Å². The number of unbranched alkanes of at least 4 members (excludes halogenated alkanes) is 2. The van der Waals surface area contributed by atoms with Gasteiger partial charge in [0.2, 0.25) is 0 Å². The van der Waals surface area contributed by atoms with Crippen molar-refractivity contribution in [2.24, 2.45) is 0 Å². The van der Waals surface area contributed by atoms with Gasteiger partial charge in [0.15, 0.2) is 0 Å². The number of carbonyl (C=O) groups is 1. The maximum Gasteiger partial charge on any atom is 0.282 e. The molecule has 19 heavy (non-hydrogen) atoms. The minimum absolute atomic E-state index is 0.0911. The number of nitrogens with zero attached hydrogens (tertiary/aromatic N) is 1. The Bertz CT molecular complexity index is 460. The first-order chi connectivity index (χ1) is 9.10. The number of anilines is 1. The highest BCUT2D eigenvalue weighted by Gasteiger charge is 2.20. The van der Waals surface area contributed by atoms with Gasteiger partial charge >= 0.3 is 0 Å². The summed E-state index contributed by atoms with van der Waals surface area (Å²) < 4.78 is 0. The van der Waals surface area contributed by atoms with E-state index in [0.29, 0.717) is 12.2 Å². The van der Waals surface area contributed by atoms with Crippen molar-refractivity contribution in [3.05, 3.63) is 33.9 Å². The van der Waals surface area contributed by atoms with Crippen LogP contribution in [0.25, 0.3) is 0 Å². The van der Waals surface area contributed by atoms with Gasteiger partial charge in [0.1, 0.15) is 5.56 Å². The Labute approximate surface area is 112 Å². The summed E-state index contributed by atoms with van der Waals surface area (Å²) >= 11 is 0. The molecule has 2 N–H and O–H groups in total. The van der Waals surface area contributed by atoms with Gasteiger partial charge in [-0.1, -0.05) is 19.8 Å². The quantitative estimate of drug-likeness (QED) is 0.451. The second kappa shape index (κ2) is 7.35. The summed E-state index contributed by atoms with van der Waals surface area (Å²) in [5, 5.41) is 16.5. The second-order valence-corrected chi connectivity index (χ2v) is 4.20. The van der Waals surface area contributed by atoms with Crippen LogP contribution in [0.3, 0.4) is 0 Å². The predicted octanol–water partition coefficient (Wildman–Crippen LogP) is 2.56. The van der Waals surface area contributed by atoms with E-state index in [4.69, 9.17) is 0 Å². The number of nitrogens with one attached hydrogen (secondary N) is 2. The fourth-order valence-corrected chi connectivity index (χ4v) is 1.70. The number of nitro benzene ring substituents is 1. The van der Waals surface area contributed by atoms with E-state index in [0.717, 1.165) is 19.3 Å². The molecular formula is C13H19N3O3. The first kappa shape index (κ1) is 14.9. The zero-order chi connectivity index (χ0) is 14.3. The number of hydrogen-bond acceptors (Lipinski definition) is 4. The average molecular weight is 265 g/mol. The molecule has 6 heteroatoms. The molecule has 0 atom stereocenters. The lowest BCUT2D eigenvalue weighted by Gasteiger charge is -2.07. The number of nitro groups is 1. The fourth-order valence-electron chi connectivity index (χ4n) is 1.70. The highest BCUT2D eigenvalue weighted by atomic mass is 16.6. The van der Waals surface area contributed by atoms with Gasteiger partial charge in [0.25, 0.3) is 11.6 Å². The Morgan fingerprint density at radius 1 is 1.37 bits per heavy atom. The van der Waals surface area contributed by atoms with Crippen molar-refractivity contribution in [3.63, 3.8) is 0 Å². The Kier molecular flexibility index (Phi) is 5.78. The average Bonchev–Trinajstić information content (AvgIpc) is 2.42. The van der Waals surface area contributed by atoms with Crippen LogP contribution in [0.15, 0.2) is 18.2 Å². The molecule has 104 valence electrons. The standard InChI is InChI=1S/C13H19N3O3/c1-3-4-5-8-15-13(17)11-9-10(14-2)6-7-12(11)16(18)19/h6-7,9,14H,3-5,8H2,1-2H3,(H,15,17). The van der Waals surface area contributed by atoms with Gasteiger partial charge in [-0.25, -0.2) is 0 Å². The smallest absolute Gasteiger partial charge is 0.282 e. The third-order valence-electron chi connectivity index (χ3n) is 2.79. The first-order valence-corrected chi connectivity index (χ1v) is 6.34. The summed E-state index contributed by atoms with van der Waals surface area (Å²) in [5.74, 6) is -0.403. The van der Waals surface area contributed by atoms with Crippen LogP contribution in [0.4, 0.5) is 11.4 Å². The largest absolute Gasteiger partial charge is 0.388 e. The van der Waals surface area contributed by atoms with E-state index in [1.54, 1.807) is 13.1 Å². The molecule has 0 saturated heterocycles. The molecule has 0 aliphatic rings. The summed E-state index contributed by atoms with van der Waals surface area (Å²) in [6.45, 7) is 2.61. The first-order valence-electron chi connectivity index (χ1n) is 6.34. The van der Waals surface area contributed by atoms with Crippen molar-refractivity contribution >= 4 is 17.3 Å². The lowest BCUT2D eigenvalue weighted by atomic mass is 10.1. The molecule has 0 aliphatic carbocycles. The van der Waals surface area contributed by atoms with E-state index in [2.05, 4.69) is 17.6 Å². The van der Waals surface area contributed by atoms with Crippen molar-refractivity contribution < 1.29 is 9.72 Å². The summed E-state index contributed by atoms with van der Waals surface area (Å²) in [4.78, 5) is 22.3. The highest BCUT2D eigenvalue weighted by molar-refractivity contribution is 5.99. The number of benzene rings is 1. The molecule has 0 radical (unpaired) electrons. The lowest BCUT2D eigenvalue weighted by Crippen LogP contribution is -2.25. The molecule has 1 rings (SSSR count). The summed E-state index contributed by atoms with van der Waals surface area (Å²) in [6.07, 6.45) is 2.96. The molecular weight excluding hydrogens is 246 g/mol. The molecule has 0 unspecified atom stereocenters. The van der Waals surface area contributed by atoms with E-state index in [1.165, 1.54) is 12.1 Å². The molecule has 1 aromatic rings. The Morgan fingerprint density at radius 2 is 2.11 bits per heavy atom. The van der Waals surface area contributed by atoms with Gasteiger partial charge in [0.05, 0.1) is 4.92 Å². The zero-order valence-electron chi connectivity index (χ0n) is 11.2. The number of amides is 1. The van der Waals surface area contributed by atoms with Crippen LogP contribution in [-0.2, 0) is 0 Å². The topological polar surface area (TPSA) is 84.3 Å². The number of hydrogen-bond donors (Lipinski definition) is 2. The third-order valence-corrected chi connectivity index (χ3v) is 2.79. The van der Waals surface area contributed by atoms with Crippen molar-refractivity contribution in [2.75, 3.05) is 18.9 Å². The van der Waals surface area contributed by atoms with Crippen molar-refractivity contribution in [1.29, 1.82) is 0 Å². The van der Waals surface area contributed by atoms with E-state index in [1.807, 2.05) is 0 Å². The Hall–Kier alpha value is -2.11.